The van der Waals surface area contributed by atoms with Gasteiger partial charge in [-0.1, -0.05) is 33.1 Å². The van der Waals surface area contributed by atoms with Crippen LogP contribution in [-0.2, 0) is 17.8 Å². The summed E-state index contributed by atoms with van der Waals surface area (Å²) in [5, 5.41) is 33.2. The molecule has 0 aliphatic carbocycles. The number of hydrogen-bond acceptors (Lipinski definition) is 7. The number of aliphatic hydroxyl groups is 1. The Labute approximate surface area is 185 Å². The summed E-state index contributed by atoms with van der Waals surface area (Å²) < 4.78 is 10.4. The molecule has 1 atom stereocenters. The van der Waals surface area contributed by atoms with Gasteiger partial charge in [0.05, 0.1) is 13.7 Å². The lowest BCUT2D eigenvalue weighted by Gasteiger charge is -2.22. The smallest absolute Gasteiger partial charge is 0.154 e. The van der Waals surface area contributed by atoms with Crippen LogP contribution in [0, 0.1) is 0 Å². The molecule has 0 radical (unpaired) electrons. The molecule has 172 valence electrons. The molecule has 1 unspecified atom stereocenters. The fraction of sp³-hybridized carbons (Fsp3) is 0.583. The van der Waals surface area contributed by atoms with Crippen molar-refractivity contribution in [2.24, 2.45) is 0 Å². The number of phenolic OH excluding ortho intramolecular Hbond substituents is 1. The first kappa shape index (κ1) is 24.9. The van der Waals surface area contributed by atoms with Gasteiger partial charge in [0.15, 0.2) is 5.82 Å². The number of aliphatic hydroxyl groups excluding tert-OH is 1. The van der Waals surface area contributed by atoms with Crippen molar-refractivity contribution in [3.05, 3.63) is 29.3 Å². The van der Waals surface area contributed by atoms with Crippen LogP contribution in [0.25, 0.3) is 11.3 Å². The van der Waals surface area contributed by atoms with Crippen molar-refractivity contribution in [3.8, 4) is 22.8 Å². The average molecular weight is 432 g/mol. The zero-order valence-corrected chi connectivity index (χ0v) is 19.3. The summed E-state index contributed by atoms with van der Waals surface area (Å²) in [6.45, 7) is 4.79. The van der Waals surface area contributed by atoms with E-state index in [0.717, 1.165) is 36.8 Å². The number of rotatable bonds is 14. The van der Waals surface area contributed by atoms with Crippen molar-refractivity contribution in [2.75, 3.05) is 26.1 Å². The highest BCUT2D eigenvalue weighted by Crippen LogP contribution is 2.36. The van der Waals surface area contributed by atoms with E-state index in [1.165, 1.54) is 12.8 Å². The van der Waals surface area contributed by atoms with Crippen molar-refractivity contribution in [1.82, 2.24) is 10.2 Å². The number of unbranched alkanes of at least 4 members (excludes halogenated alkanes) is 2. The molecule has 1 aromatic carbocycles. The maximum Gasteiger partial charge on any atom is 0.154 e. The number of methoxy groups -OCH3 is 2. The maximum absolute atomic E-state index is 10.6. The molecule has 1 heterocycles. The number of ether oxygens (including phenoxy) is 2. The van der Waals surface area contributed by atoms with Crippen molar-refractivity contribution < 1.29 is 19.7 Å². The Morgan fingerprint density at radius 2 is 1.87 bits per heavy atom. The first-order valence-electron chi connectivity index (χ1n) is 11.2. The fourth-order valence-corrected chi connectivity index (χ4v) is 3.72. The lowest BCUT2D eigenvalue weighted by Crippen LogP contribution is -2.21. The highest BCUT2D eigenvalue weighted by atomic mass is 16.5. The lowest BCUT2D eigenvalue weighted by molar-refractivity contribution is 0.195. The van der Waals surface area contributed by atoms with Crippen molar-refractivity contribution >= 4 is 5.82 Å². The Kier molecular flexibility index (Phi) is 10.5. The van der Waals surface area contributed by atoms with Crippen LogP contribution in [0.3, 0.4) is 0 Å². The van der Waals surface area contributed by atoms with Crippen LogP contribution in [0.2, 0.25) is 0 Å². The normalized spacial score (nSPS) is 12.0. The number of nitrogens with zero attached hydrogens (tertiary/aromatic N) is 2. The van der Waals surface area contributed by atoms with Crippen LogP contribution in [0.1, 0.15) is 63.5 Å². The van der Waals surface area contributed by atoms with Gasteiger partial charge in [-0.3, -0.25) is 0 Å². The predicted molar refractivity (Wildman–Crippen MR) is 124 cm³/mol. The summed E-state index contributed by atoms with van der Waals surface area (Å²) in [4.78, 5) is 0. The van der Waals surface area contributed by atoms with Gasteiger partial charge in [0.2, 0.25) is 0 Å². The van der Waals surface area contributed by atoms with Crippen molar-refractivity contribution in [2.45, 2.75) is 71.4 Å². The average Bonchev–Trinajstić information content (AvgIpc) is 2.78. The van der Waals surface area contributed by atoms with Crippen LogP contribution in [0.4, 0.5) is 5.82 Å². The monoisotopic (exact) mass is 431 g/mol. The van der Waals surface area contributed by atoms with Gasteiger partial charge in [-0.15, -0.1) is 10.2 Å². The quantitative estimate of drug-likeness (QED) is 0.373. The zero-order chi connectivity index (χ0) is 22.6. The Morgan fingerprint density at radius 3 is 2.48 bits per heavy atom. The van der Waals surface area contributed by atoms with Gasteiger partial charge in [0.25, 0.3) is 0 Å². The van der Waals surface area contributed by atoms with E-state index in [-0.39, 0.29) is 18.4 Å². The lowest BCUT2D eigenvalue weighted by atomic mass is 9.97. The van der Waals surface area contributed by atoms with E-state index < -0.39 is 0 Å². The number of aromatic hydroxyl groups is 1. The Hall–Kier alpha value is -2.38. The van der Waals surface area contributed by atoms with E-state index in [0.29, 0.717) is 35.9 Å². The minimum Gasteiger partial charge on any atom is -0.507 e. The summed E-state index contributed by atoms with van der Waals surface area (Å²) in [6, 6.07) is 5.38. The molecule has 1 aromatic heterocycles. The second-order valence-corrected chi connectivity index (χ2v) is 7.74. The molecule has 0 fully saturated rings. The van der Waals surface area contributed by atoms with Crippen LogP contribution >= 0.6 is 0 Å². The summed E-state index contributed by atoms with van der Waals surface area (Å²) in [5.41, 5.74) is 2.74. The molecule has 0 aliphatic rings. The molecule has 7 nitrogen and oxygen atoms in total. The number of anilines is 1. The first-order valence-corrected chi connectivity index (χ1v) is 11.2. The third-order valence-corrected chi connectivity index (χ3v) is 5.57. The summed E-state index contributed by atoms with van der Waals surface area (Å²) in [6.07, 6.45) is 6.99. The minimum absolute atomic E-state index is 0.0669. The van der Waals surface area contributed by atoms with Crippen LogP contribution in [0.5, 0.6) is 11.5 Å². The van der Waals surface area contributed by atoms with E-state index in [1.807, 2.05) is 0 Å². The Balaban J connectivity index is 2.44. The molecule has 3 N–H and O–H groups in total. The molecule has 31 heavy (non-hydrogen) atoms. The van der Waals surface area contributed by atoms with Crippen molar-refractivity contribution in [3.63, 3.8) is 0 Å². The number of phenols is 1. The molecule has 7 heteroatoms. The van der Waals surface area contributed by atoms with E-state index >= 15 is 0 Å². The van der Waals surface area contributed by atoms with Gasteiger partial charge in [-0.25, -0.2) is 0 Å². The number of nitrogens with one attached hydrogen (secondary N) is 1. The van der Waals surface area contributed by atoms with Gasteiger partial charge < -0.3 is 25.0 Å². The third-order valence-electron chi connectivity index (χ3n) is 5.57. The van der Waals surface area contributed by atoms with E-state index in [4.69, 9.17) is 9.47 Å². The van der Waals surface area contributed by atoms with E-state index in [9.17, 15) is 10.2 Å². The molecule has 0 saturated carbocycles. The van der Waals surface area contributed by atoms with Gasteiger partial charge in [0, 0.05) is 37.0 Å². The van der Waals surface area contributed by atoms with Crippen LogP contribution in [0.15, 0.2) is 18.2 Å². The molecule has 0 spiro atoms. The van der Waals surface area contributed by atoms with Gasteiger partial charge in [-0.2, -0.15) is 0 Å². The van der Waals surface area contributed by atoms with Gasteiger partial charge in [-0.05, 0) is 43.4 Å². The second kappa shape index (κ2) is 13.1. The summed E-state index contributed by atoms with van der Waals surface area (Å²) >= 11 is 0. The molecule has 0 saturated heterocycles. The number of benzene rings is 1. The fourth-order valence-electron chi connectivity index (χ4n) is 3.72. The molecule has 2 aromatic rings. The SMILES string of the molecule is CCCCCC(CC)Nc1nnc(-c2ccc(OC)cc2O)c(CCCOC)c1CO. The Bertz CT molecular complexity index is 814. The standard InChI is InChI=1S/C24H37N3O4/c1-5-7-8-10-17(6-2)25-24-21(16-28)19(11-9-14-30-3)23(26-27-24)20-13-12-18(31-4)15-22(20)29/h12-13,15,17,28-29H,5-11,14,16H2,1-4H3,(H,25,27). The maximum atomic E-state index is 10.6. The highest BCUT2D eigenvalue weighted by Gasteiger charge is 2.21. The minimum atomic E-state index is -0.157. The Morgan fingerprint density at radius 1 is 1.06 bits per heavy atom. The second-order valence-electron chi connectivity index (χ2n) is 7.74. The zero-order valence-electron chi connectivity index (χ0n) is 19.3. The van der Waals surface area contributed by atoms with Gasteiger partial charge in [0.1, 0.15) is 17.2 Å². The molecular formula is C24H37N3O4. The van der Waals surface area contributed by atoms with E-state index in [1.54, 1.807) is 32.4 Å². The topological polar surface area (TPSA) is 96.7 Å². The van der Waals surface area contributed by atoms with Crippen LogP contribution in [-0.4, -0.2) is 47.3 Å². The number of aromatic nitrogens is 2. The van der Waals surface area contributed by atoms with Crippen LogP contribution < -0.4 is 10.1 Å². The molecule has 0 bridgehead atoms. The highest BCUT2D eigenvalue weighted by molar-refractivity contribution is 5.73. The number of hydrogen-bond donors (Lipinski definition) is 3. The first-order chi connectivity index (χ1) is 15.1. The van der Waals surface area contributed by atoms with Gasteiger partial charge >= 0.3 is 0 Å². The molecule has 0 amide bonds. The largest absolute Gasteiger partial charge is 0.507 e. The predicted octanol–water partition coefficient (Wildman–Crippen LogP) is 4.70. The van der Waals surface area contributed by atoms with E-state index in [2.05, 4.69) is 29.4 Å². The third kappa shape index (κ3) is 6.80. The molecule has 2 rings (SSSR count). The molecular weight excluding hydrogens is 394 g/mol. The van der Waals surface area contributed by atoms with Crippen molar-refractivity contribution in [1.29, 1.82) is 0 Å². The summed E-state index contributed by atoms with van der Waals surface area (Å²) in [7, 11) is 3.22. The molecule has 0 aliphatic heterocycles. The summed E-state index contributed by atoms with van der Waals surface area (Å²) in [5.74, 6) is 1.25.